The molecule has 164 valence electrons. The van der Waals surface area contributed by atoms with E-state index in [0.29, 0.717) is 26.3 Å². The Hall–Kier alpha value is -2.92. The minimum absolute atomic E-state index is 0.0488. The van der Waals surface area contributed by atoms with E-state index in [1.165, 1.54) is 0 Å². The lowest BCUT2D eigenvalue weighted by Gasteiger charge is -2.35. The number of hydrazine groups is 1. The SMILES string of the molecule is O=C(Nc1ccc(C2=NC(N3CCOCC3)c3cccn3N2)cc1)NN1CCOCC1. The number of amides is 2. The average Bonchev–Trinajstić information content (AvgIpc) is 3.29. The first-order chi connectivity index (χ1) is 15.3. The second-order valence-electron chi connectivity index (χ2n) is 7.66. The van der Waals surface area contributed by atoms with Crippen molar-refractivity contribution < 1.29 is 14.3 Å². The molecular formula is C21H27N7O3. The molecule has 2 amide bonds. The van der Waals surface area contributed by atoms with Gasteiger partial charge in [0.2, 0.25) is 0 Å². The van der Waals surface area contributed by atoms with E-state index in [2.05, 4.69) is 27.1 Å². The van der Waals surface area contributed by atoms with Crippen molar-refractivity contribution >= 4 is 17.6 Å². The molecule has 2 fully saturated rings. The van der Waals surface area contributed by atoms with Gasteiger partial charge in [-0.15, -0.1) is 0 Å². The van der Waals surface area contributed by atoms with Crippen LogP contribution in [0.4, 0.5) is 10.5 Å². The number of anilines is 1. The summed E-state index contributed by atoms with van der Waals surface area (Å²) in [5.74, 6) is 0.796. The van der Waals surface area contributed by atoms with Crippen LogP contribution in [-0.2, 0) is 9.47 Å². The zero-order valence-corrected chi connectivity index (χ0v) is 17.3. The van der Waals surface area contributed by atoms with Crippen molar-refractivity contribution in [1.82, 2.24) is 20.0 Å². The molecule has 0 radical (unpaired) electrons. The third-order valence-electron chi connectivity index (χ3n) is 5.60. The normalized spacial score (nSPS) is 22.2. The molecule has 1 aromatic heterocycles. The fourth-order valence-corrected chi connectivity index (χ4v) is 3.96. The van der Waals surface area contributed by atoms with Crippen LogP contribution >= 0.6 is 0 Å². The largest absolute Gasteiger partial charge is 0.379 e. The van der Waals surface area contributed by atoms with E-state index in [1.54, 1.807) is 0 Å². The number of carbonyl (C=O) groups is 1. The summed E-state index contributed by atoms with van der Waals surface area (Å²) in [6.45, 7) is 5.77. The maximum atomic E-state index is 12.2. The molecular weight excluding hydrogens is 398 g/mol. The van der Waals surface area contributed by atoms with Crippen LogP contribution in [0.3, 0.4) is 0 Å². The summed E-state index contributed by atoms with van der Waals surface area (Å²) in [6.07, 6.45) is 1.95. The Morgan fingerprint density at radius 1 is 1.00 bits per heavy atom. The Balaban J connectivity index is 1.27. The predicted molar refractivity (Wildman–Crippen MR) is 116 cm³/mol. The molecule has 10 heteroatoms. The predicted octanol–water partition coefficient (Wildman–Crippen LogP) is 1.19. The minimum Gasteiger partial charge on any atom is -0.379 e. The molecule has 1 aromatic carbocycles. The van der Waals surface area contributed by atoms with Crippen molar-refractivity contribution in [1.29, 1.82) is 0 Å². The van der Waals surface area contributed by atoms with Crippen LogP contribution in [-0.4, -0.2) is 79.1 Å². The number of fused-ring (bicyclic) bond motifs is 1. The van der Waals surface area contributed by atoms with Gasteiger partial charge in [0, 0.05) is 43.6 Å². The summed E-state index contributed by atoms with van der Waals surface area (Å²) >= 11 is 0. The standard InChI is InChI=1S/C21H27N7O3/c29-21(25-27-10-14-31-15-11-27)22-17-5-3-16(4-6-17)19-23-20(26-8-12-30-13-9-26)18-2-1-7-28(18)24-19/h1-7,20H,8-15H2,(H,23,24)(H2,22,25,29). The van der Waals surface area contributed by atoms with Gasteiger partial charge in [-0.25, -0.2) is 14.8 Å². The molecule has 4 heterocycles. The number of rotatable bonds is 4. The Morgan fingerprint density at radius 3 is 2.45 bits per heavy atom. The minimum atomic E-state index is -0.257. The third-order valence-corrected chi connectivity index (χ3v) is 5.60. The molecule has 3 aliphatic heterocycles. The highest BCUT2D eigenvalue weighted by Crippen LogP contribution is 2.27. The monoisotopic (exact) mass is 425 g/mol. The van der Waals surface area contributed by atoms with Crippen LogP contribution in [0.25, 0.3) is 0 Å². The number of nitrogens with one attached hydrogen (secondary N) is 3. The first-order valence-electron chi connectivity index (χ1n) is 10.6. The quantitative estimate of drug-likeness (QED) is 0.681. The van der Waals surface area contributed by atoms with Crippen LogP contribution < -0.4 is 16.2 Å². The Bertz CT molecular complexity index is 931. The lowest BCUT2D eigenvalue weighted by atomic mass is 10.1. The molecule has 3 N–H and O–H groups in total. The van der Waals surface area contributed by atoms with Crippen molar-refractivity contribution in [2.75, 3.05) is 63.3 Å². The molecule has 3 aliphatic rings. The van der Waals surface area contributed by atoms with Gasteiger partial charge < -0.3 is 14.8 Å². The number of aliphatic imine (C=N–C) groups is 1. The van der Waals surface area contributed by atoms with E-state index < -0.39 is 0 Å². The van der Waals surface area contributed by atoms with E-state index in [9.17, 15) is 4.79 Å². The second-order valence-corrected chi connectivity index (χ2v) is 7.66. The summed E-state index contributed by atoms with van der Waals surface area (Å²) in [7, 11) is 0. The summed E-state index contributed by atoms with van der Waals surface area (Å²) in [6, 6.07) is 11.5. The van der Waals surface area contributed by atoms with Crippen LogP contribution in [0.2, 0.25) is 0 Å². The second kappa shape index (κ2) is 9.06. The van der Waals surface area contributed by atoms with Gasteiger partial charge in [0.1, 0.15) is 12.0 Å². The van der Waals surface area contributed by atoms with Gasteiger partial charge in [-0.3, -0.25) is 20.4 Å². The number of benzene rings is 1. The Morgan fingerprint density at radius 2 is 1.71 bits per heavy atom. The smallest absolute Gasteiger partial charge is 0.333 e. The summed E-state index contributed by atoms with van der Waals surface area (Å²) in [4.78, 5) is 19.6. The van der Waals surface area contributed by atoms with Gasteiger partial charge in [-0.2, -0.15) is 0 Å². The number of ether oxygens (including phenoxy) is 2. The van der Waals surface area contributed by atoms with E-state index in [0.717, 1.165) is 49.1 Å². The Kier molecular flexibility index (Phi) is 5.85. The Labute approximate surface area is 180 Å². The molecule has 2 saturated heterocycles. The molecule has 1 atom stereocenters. The lowest BCUT2D eigenvalue weighted by Crippen LogP contribution is -2.49. The maximum absolute atomic E-state index is 12.2. The molecule has 2 aromatic rings. The molecule has 0 bridgehead atoms. The van der Waals surface area contributed by atoms with Gasteiger partial charge in [-0.05, 0) is 36.4 Å². The third kappa shape index (κ3) is 4.57. The molecule has 1 unspecified atom stereocenters. The van der Waals surface area contributed by atoms with Crippen LogP contribution in [0, 0.1) is 0 Å². The first kappa shape index (κ1) is 20.0. The summed E-state index contributed by atoms with van der Waals surface area (Å²) in [5.41, 5.74) is 9.00. The van der Waals surface area contributed by atoms with Crippen LogP contribution in [0.1, 0.15) is 17.4 Å². The van der Waals surface area contributed by atoms with Crippen molar-refractivity contribution in [3.8, 4) is 0 Å². The summed E-state index contributed by atoms with van der Waals surface area (Å²) in [5, 5.41) is 4.73. The number of urea groups is 1. The molecule has 0 spiro atoms. The number of nitrogens with zero attached hydrogens (tertiary/aromatic N) is 4. The molecule has 5 rings (SSSR count). The maximum Gasteiger partial charge on any atom is 0.333 e. The van der Waals surface area contributed by atoms with Gasteiger partial charge >= 0.3 is 6.03 Å². The fourth-order valence-electron chi connectivity index (χ4n) is 3.96. The number of morpholine rings is 2. The van der Waals surface area contributed by atoms with Crippen molar-refractivity contribution in [2.45, 2.75) is 6.17 Å². The highest BCUT2D eigenvalue weighted by molar-refractivity contribution is 6.05. The number of aromatic nitrogens is 1. The van der Waals surface area contributed by atoms with E-state index >= 15 is 0 Å². The highest BCUT2D eigenvalue weighted by atomic mass is 16.5. The lowest BCUT2D eigenvalue weighted by molar-refractivity contribution is 0.0161. The fraction of sp³-hybridized carbons (Fsp3) is 0.429. The number of amidine groups is 1. The van der Waals surface area contributed by atoms with Gasteiger partial charge in [0.15, 0.2) is 0 Å². The highest BCUT2D eigenvalue weighted by Gasteiger charge is 2.28. The zero-order valence-electron chi connectivity index (χ0n) is 17.3. The van der Waals surface area contributed by atoms with Crippen molar-refractivity contribution in [2.24, 2.45) is 4.99 Å². The van der Waals surface area contributed by atoms with Gasteiger partial charge in [-0.1, -0.05) is 0 Å². The molecule has 10 nitrogen and oxygen atoms in total. The topological polar surface area (TPSA) is 95.4 Å². The first-order valence-corrected chi connectivity index (χ1v) is 10.6. The molecule has 0 aliphatic carbocycles. The van der Waals surface area contributed by atoms with Gasteiger partial charge in [0.05, 0.1) is 32.1 Å². The van der Waals surface area contributed by atoms with Crippen LogP contribution in [0.15, 0.2) is 47.6 Å². The van der Waals surface area contributed by atoms with Crippen molar-refractivity contribution in [3.63, 3.8) is 0 Å². The zero-order chi connectivity index (χ0) is 21.0. The van der Waals surface area contributed by atoms with E-state index in [-0.39, 0.29) is 12.2 Å². The molecule has 31 heavy (non-hydrogen) atoms. The van der Waals surface area contributed by atoms with Gasteiger partial charge in [0.25, 0.3) is 0 Å². The van der Waals surface area contributed by atoms with E-state index in [4.69, 9.17) is 14.5 Å². The van der Waals surface area contributed by atoms with E-state index in [1.807, 2.05) is 46.2 Å². The number of hydrogen-bond donors (Lipinski definition) is 3. The summed E-state index contributed by atoms with van der Waals surface area (Å²) < 4.78 is 12.8. The molecule has 0 saturated carbocycles. The number of hydrogen-bond acceptors (Lipinski definition) is 7. The average molecular weight is 425 g/mol. The van der Waals surface area contributed by atoms with Crippen LogP contribution in [0.5, 0.6) is 0 Å². The number of carbonyl (C=O) groups excluding carboxylic acids is 1. The van der Waals surface area contributed by atoms with Crippen molar-refractivity contribution in [3.05, 3.63) is 53.9 Å².